The molecule has 2 aromatic heterocycles. The maximum absolute atomic E-state index is 11.5. The number of H-pyrrole nitrogens is 1. The molecule has 154 valence electrons. The molecule has 1 fully saturated rings. The number of fused-ring (bicyclic) bond motifs is 1. The minimum Gasteiger partial charge on any atom is -0.432 e. The zero-order chi connectivity index (χ0) is 20.4. The Morgan fingerprint density at radius 3 is 2.71 bits per heavy atom. The van der Waals surface area contributed by atoms with Crippen molar-refractivity contribution in [1.82, 2.24) is 20.3 Å². The van der Waals surface area contributed by atoms with E-state index in [4.69, 9.17) is 19.9 Å². The highest BCUT2D eigenvalue weighted by molar-refractivity contribution is 5.87. The normalized spacial score (nSPS) is 25.9. The molecule has 3 rings (SSSR count). The van der Waals surface area contributed by atoms with Crippen LogP contribution < -0.4 is 11.1 Å². The SMILES string of the molecule is CC(C)OC(=O)OC(C)OC[C@H]1N[C@@H](c2c[nH]c3c(N)ncnc23)[C@H](O)[C@@H]1O. The summed E-state index contributed by atoms with van der Waals surface area (Å²) >= 11 is 0. The van der Waals surface area contributed by atoms with Crippen molar-refractivity contribution < 1.29 is 29.2 Å². The van der Waals surface area contributed by atoms with Gasteiger partial charge >= 0.3 is 6.16 Å². The van der Waals surface area contributed by atoms with Crippen LogP contribution in [0, 0.1) is 0 Å². The first-order valence-corrected chi connectivity index (χ1v) is 8.96. The number of ether oxygens (including phenoxy) is 3. The fourth-order valence-corrected chi connectivity index (χ4v) is 3.13. The molecule has 1 aliphatic heterocycles. The lowest BCUT2D eigenvalue weighted by atomic mass is 10.0. The molecule has 6 N–H and O–H groups in total. The molecule has 0 radical (unpaired) electrons. The first kappa shape index (κ1) is 20.3. The van der Waals surface area contributed by atoms with Gasteiger partial charge in [-0.1, -0.05) is 0 Å². The van der Waals surface area contributed by atoms with Crippen LogP contribution in [-0.4, -0.2) is 68.6 Å². The van der Waals surface area contributed by atoms with Crippen LogP contribution in [0.1, 0.15) is 32.4 Å². The first-order valence-electron chi connectivity index (χ1n) is 8.96. The van der Waals surface area contributed by atoms with Crippen molar-refractivity contribution in [2.75, 3.05) is 12.3 Å². The summed E-state index contributed by atoms with van der Waals surface area (Å²) in [5, 5.41) is 24.0. The Kier molecular flexibility index (Phi) is 5.98. The monoisotopic (exact) mass is 395 g/mol. The number of aliphatic hydroxyl groups excluding tert-OH is 2. The van der Waals surface area contributed by atoms with E-state index >= 15 is 0 Å². The van der Waals surface area contributed by atoms with Gasteiger partial charge in [-0.2, -0.15) is 0 Å². The van der Waals surface area contributed by atoms with Crippen LogP contribution in [0.5, 0.6) is 0 Å². The maximum Gasteiger partial charge on any atom is 0.510 e. The Balaban J connectivity index is 1.62. The molecule has 0 aromatic carbocycles. The summed E-state index contributed by atoms with van der Waals surface area (Å²) in [5.74, 6) is 0.295. The second-order valence-electron chi connectivity index (χ2n) is 6.89. The van der Waals surface area contributed by atoms with Crippen LogP contribution in [0.2, 0.25) is 0 Å². The van der Waals surface area contributed by atoms with E-state index < -0.39 is 36.7 Å². The van der Waals surface area contributed by atoms with Gasteiger partial charge in [0.15, 0.2) is 5.82 Å². The Hall–Kier alpha value is -2.47. The van der Waals surface area contributed by atoms with E-state index in [1.54, 1.807) is 20.0 Å². The number of nitrogens with two attached hydrogens (primary N) is 1. The van der Waals surface area contributed by atoms with Gasteiger partial charge in [0.05, 0.1) is 36.4 Å². The van der Waals surface area contributed by atoms with Gasteiger partial charge in [0.1, 0.15) is 17.9 Å². The molecule has 11 nitrogen and oxygen atoms in total. The van der Waals surface area contributed by atoms with E-state index in [0.29, 0.717) is 22.4 Å². The molecular weight excluding hydrogens is 370 g/mol. The number of nitrogens with one attached hydrogen (secondary N) is 2. The number of carbonyl (C=O) groups is 1. The minimum atomic E-state index is -1.09. The van der Waals surface area contributed by atoms with Crippen LogP contribution in [-0.2, 0) is 14.2 Å². The van der Waals surface area contributed by atoms with Crippen molar-refractivity contribution in [2.24, 2.45) is 0 Å². The van der Waals surface area contributed by atoms with Crippen molar-refractivity contribution in [3.05, 3.63) is 18.1 Å². The fraction of sp³-hybridized carbons (Fsp3) is 0.588. The third-order valence-electron chi connectivity index (χ3n) is 4.46. The van der Waals surface area contributed by atoms with Crippen LogP contribution in [0.15, 0.2) is 12.5 Å². The highest BCUT2D eigenvalue weighted by Crippen LogP contribution is 2.32. The number of nitrogen functional groups attached to an aromatic ring is 1. The molecule has 11 heteroatoms. The molecule has 28 heavy (non-hydrogen) atoms. The van der Waals surface area contributed by atoms with Crippen molar-refractivity contribution in [1.29, 1.82) is 0 Å². The molecular formula is C17H25N5O6. The van der Waals surface area contributed by atoms with Gasteiger partial charge in [-0.25, -0.2) is 14.8 Å². The standard InChI is InChI=1S/C17H25N5O6/c1-7(2)27-17(25)28-8(3)26-5-10-14(23)15(24)12(22-10)9-4-19-13-11(9)20-6-21-16(13)18/h4,6-8,10,12,14-15,19,22-24H,5H2,1-3H3,(H2,18,20,21)/t8?,10-,12+,14-,15+/m1/s1. The molecule has 1 aliphatic rings. The van der Waals surface area contributed by atoms with E-state index in [2.05, 4.69) is 20.3 Å². The second kappa shape index (κ2) is 8.27. The van der Waals surface area contributed by atoms with Gasteiger partial charge in [0.25, 0.3) is 0 Å². The smallest absolute Gasteiger partial charge is 0.432 e. The number of carbonyl (C=O) groups excluding carboxylic acids is 1. The Morgan fingerprint density at radius 1 is 1.25 bits per heavy atom. The summed E-state index contributed by atoms with van der Waals surface area (Å²) in [6, 6.07) is -1.18. The molecule has 0 bridgehead atoms. The summed E-state index contributed by atoms with van der Waals surface area (Å²) in [6.45, 7) is 4.95. The Bertz CT molecular complexity index is 827. The summed E-state index contributed by atoms with van der Waals surface area (Å²) in [6.07, 6.45) is -1.20. The van der Waals surface area contributed by atoms with Gasteiger partial charge in [-0.3, -0.25) is 0 Å². The number of anilines is 1. The van der Waals surface area contributed by atoms with Gasteiger partial charge in [0, 0.05) is 11.8 Å². The number of nitrogens with zero attached hydrogens (tertiary/aromatic N) is 2. The lowest BCUT2D eigenvalue weighted by Gasteiger charge is -2.19. The van der Waals surface area contributed by atoms with Gasteiger partial charge in [-0.05, 0) is 20.8 Å². The predicted octanol–water partition coefficient (Wildman–Crippen LogP) is 0.199. The van der Waals surface area contributed by atoms with Gasteiger partial charge in [0.2, 0.25) is 6.29 Å². The van der Waals surface area contributed by atoms with Gasteiger partial charge < -0.3 is 40.5 Å². The zero-order valence-electron chi connectivity index (χ0n) is 15.8. The molecule has 0 saturated carbocycles. The first-order chi connectivity index (χ1) is 13.3. The zero-order valence-corrected chi connectivity index (χ0v) is 15.8. The van der Waals surface area contributed by atoms with Crippen LogP contribution >= 0.6 is 0 Å². The van der Waals surface area contributed by atoms with Gasteiger partial charge in [-0.15, -0.1) is 0 Å². The molecule has 0 amide bonds. The van der Waals surface area contributed by atoms with Crippen LogP contribution in [0.3, 0.4) is 0 Å². The highest BCUT2D eigenvalue weighted by atomic mass is 16.8. The number of aliphatic hydroxyl groups is 2. The Labute approximate surface area is 161 Å². The van der Waals surface area contributed by atoms with Crippen molar-refractivity contribution in [3.8, 4) is 0 Å². The fourth-order valence-electron chi connectivity index (χ4n) is 3.13. The topological polar surface area (TPSA) is 165 Å². The van der Waals surface area contributed by atoms with E-state index in [-0.39, 0.29) is 12.7 Å². The lowest BCUT2D eigenvalue weighted by Crippen LogP contribution is -2.38. The predicted molar refractivity (Wildman–Crippen MR) is 98.1 cm³/mol. The molecule has 1 unspecified atom stereocenters. The Morgan fingerprint density at radius 2 is 2.00 bits per heavy atom. The molecule has 3 heterocycles. The molecule has 2 aromatic rings. The van der Waals surface area contributed by atoms with E-state index in [9.17, 15) is 15.0 Å². The van der Waals surface area contributed by atoms with Crippen LogP contribution in [0.4, 0.5) is 10.6 Å². The number of rotatable bonds is 6. The third-order valence-corrected chi connectivity index (χ3v) is 4.46. The highest BCUT2D eigenvalue weighted by Gasteiger charge is 2.43. The largest absolute Gasteiger partial charge is 0.510 e. The third kappa shape index (κ3) is 4.17. The molecule has 5 atom stereocenters. The quantitative estimate of drug-likeness (QED) is 0.337. The maximum atomic E-state index is 11.5. The number of hydrogen-bond acceptors (Lipinski definition) is 10. The van der Waals surface area contributed by atoms with E-state index in [1.165, 1.54) is 13.3 Å². The molecule has 0 aliphatic carbocycles. The summed E-state index contributed by atoms with van der Waals surface area (Å²) in [4.78, 5) is 22.6. The minimum absolute atomic E-state index is 0.00430. The number of hydrogen-bond donors (Lipinski definition) is 5. The van der Waals surface area contributed by atoms with Crippen molar-refractivity contribution in [3.63, 3.8) is 0 Å². The van der Waals surface area contributed by atoms with Crippen LogP contribution in [0.25, 0.3) is 11.0 Å². The summed E-state index contributed by atoms with van der Waals surface area (Å²) in [5.41, 5.74) is 7.60. The van der Waals surface area contributed by atoms with E-state index in [1.807, 2.05) is 0 Å². The number of aromatic nitrogens is 3. The second-order valence-corrected chi connectivity index (χ2v) is 6.89. The number of aromatic amines is 1. The molecule has 1 saturated heterocycles. The van der Waals surface area contributed by atoms with Crippen molar-refractivity contribution in [2.45, 2.75) is 57.5 Å². The average Bonchev–Trinajstić information content (AvgIpc) is 3.16. The van der Waals surface area contributed by atoms with E-state index in [0.717, 1.165) is 0 Å². The molecule has 0 spiro atoms. The lowest BCUT2D eigenvalue weighted by molar-refractivity contribution is -0.124. The summed E-state index contributed by atoms with van der Waals surface area (Å²) < 4.78 is 15.3. The average molecular weight is 395 g/mol. The van der Waals surface area contributed by atoms with Crippen molar-refractivity contribution >= 4 is 23.0 Å². The summed E-state index contributed by atoms with van der Waals surface area (Å²) in [7, 11) is 0.